The molecule has 0 saturated heterocycles. The first kappa shape index (κ1) is 16.4. The highest BCUT2D eigenvalue weighted by Gasteiger charge is 2.24. The third-order valence-corrected chi connectivity index (χ3v) is 5.12. The number of rotatable bonds is 8. The van der Waals surface area contributed by atoms with Crippen LogP contribution in [0.3, 0.4) is 0 Å². The third-order valence-electron chi connectivity index (χ3n) is 1.76. The van der Waals surface area contributed by atoms with Crippen LogP contribution in [0.15, 0.2) is 0 Å². The van der Waals surface area contributed by atoms with Crippen LogP contribution < -0.4 is 0 Å². The van der Waals surface area contributed by atoms with Crippen molar-refractivity contribution in [3.63, 3.8) is 0 Å². The molecule has 0 bridgehead atoms. The molecule has 104 valence electrons. The van der Waals surface area contributed by atoms with E-state index >= 15 is 0 Å². The molecule has 0 atom stereocenters. The van der Waals surface area contributed by atoms with Crippen molar-refractivity contribution in [2.24, 2.45) is 0 Å². The summed E-state index contributed by atoms with van der Waals surface area (Å²) in [5.74, 6) is 0. The molecule has 18 heavy (non-hydrogen) atoms. The van der Waals surface area contributed by atoms with Crippen LogP contribution in [0.2, 0.25) is 9.62 Å². The number of hydrogen-bond donors (Lipinski definition) is 0. The summed E-state index contributed by atoms with van der Waals surface area (Å²) in [5, 5.41) is 0.299. The number of nitrogens with zero attached hydrogens (tertiary/aromatic N) is 1. The molecule has 0 fully saturated rings. The Hall–Kier alpha value is 0.320. The molecule has 0 spiro atoms. The standard InChI is InChI=1S/C9H14Cl2NO4PS/c1-3-15-17(13,16-4-2)6-14-5-7-8(10)12-9(11)18-7/h3-6H2,1-2H3. The van der Waals surface area contributed by atoms with Crippen molar-refractivity contribution in [3.05, 3.63) is 14.5 Å². The number of aromatic nitrogens is 1. The highest BCUT2D eigenvalue weighted by atomic mass is 35.5. The van der Waals surface area contributed by atoms with Crippen LogP contribution in [-0.4, -0.2) is 24.5 Å². The van der Waals surface area contributed by atoms with Gasteiger partial charge in [-0.3, -0.25) is 4.57 Å². The van der Waals surface area contributed by atoms with E-state index in [0.717, 1.165) is 0 Å². The van der Waals surface area contributed by atoms with Crippen LogP contribution in [0.25, 0.3) is 0 Å². The first-order chi connectivity index (χ1) is 8.50. The summed E-state index contributed by atoms with van der Waals surface area (Å²) in [5.41, 5.74) is 0. The Kier molecular flexibility index (Phi) is 7.10. The summed E-state index contributed by atoms with van der Waals surface area (Å²) >= 11 is 12.7. The van der Waals surface area contributed by atoms with Gasteiger partial charge in [-0.1, -0.05) is 23.2 Å². The molecule has 5 nitrogen and oxygen atoms in total. The Morgan fingerprint density at radius 2 is 1.89 bits per heavy atom. The molecule has 0 unspecified atom stereocenters. The van der Waals surface area contributed by atoms with Gasteiger partial charge in [0.25, 0.3) is 0 Å². The smallest absolute Gasteiger partial charge is 0.356 e. The van der Waals surface area contributed by atoms with E-state index in [1.54, 1.807) is 13.8 Å². The summed E-state index contributed by atoms with van der Waals surface area (Å²) in [4.78, 5) is 4.52. The van der Waals surface area contributed by atoms with Gasteiger partial charge in [0.15, 0.2) is 4.47 Å². The number of thiazole rings is 1. The first-order valence-corrected chi connectivity index (χ1v) is 8.57. The number of ether oxygens (including phenoxy) is 1. The molecule has 1 rings (SSSR count). The molecule has 9 heteroatoms. The topological polar surface area (TPSA) is 57.7 Å². The van der Waals surface area contributed by atoms with E-state index in [9.17, 15) is 4.57 Å². The highest BCUT2D eigenvalue weighted by Crippen LogP contribution is 2.48. The van der Waals surface area contributed by atoms with Crippen LogP contribution in [0.5, 0.6) is 0 Å². The van der Waals surface area contributed by atoms with Crippen molar-refractivity contribution in [2.75, 3.05) is 19.6 Å². The molecule has 0 aromatic carbocycles. The maximum Gasteiger partial charge on any atom is 0.356 e. The van der Waals surface area contributed by atoms with Crippen molar-refractivity contribution in [1.29, 1.82) is 0 Å². The predicted octanol–water partition coefficient (Wildman–Crippen LogP) is 4.19. The molecule has 0 saturated carbocycles. The lowest BCUT2D eigenvalue weighted by Crippen LogP contribution is -2.03. The Morgan fingerprint density at radius 1 is 1.28 bits per heavy atom. The van der Waals surface area contributed by atoms with Gasteiger partial charge in [0.2, 0.25) is 0 Å². The van der Waals surface area contributed by atoms with Gasteiger partial charge in [-0.15, -0.1) is 11.3 Å². The predicted molar refractivity (Wildman–Crippen MR) is 72.6 cm³/mol. The molecule has 0 radical (unpaired) electrons. The van der Waals surface area contributed by atoms with E-state index in [1.807, 2.05) is 0 Å². The monoisotopic (exact) mass is 333 g/mol. The van der Waals surface area contributed by atoms with Gasteiger partial charge in [0.05, 0.1) is 24.7 Å². The molecule has 0 aliphatic heterocycles. The second-order valence-corrected chi connectivity index (χ2v) is 7.12. The SMILES string of the molecule is CCOP(=O)(COCc1sc(Cl)nc1Cl)OCC. The summed E-state index contributed by atoms with van der Waals surface area (Å²) < 4.78 is 27.9. The molecular weight excluding hydrogens is 320 g/mol. The molecule has 0 aliphatic rings. The largest absolute Gasteiger partial charge is 0.363 e. The molecule has 1 aromatic rings. The Bertz CT molecular complexity index is 419. The van der Waals surface area contributed by atoms with Crippen LogP contribution in [-0.2, 0) is 25.0 Å². The zero-order valence-corrected chi connectivity index (χ0v) is 13.2. The van der Waals surface area contributed by atoms with Crippen molar-refractivity contribution in [2.45, 2.75) is 20.5 Å². The Morgan fingerprint density at radius 3 is 2.33 bits per heavy atom. The maximum absolute atomic E-state index is 12.1. The molecule has 0 aliphatic carbocycles. The van der Waals surface area contributed by atoms with Gasteiger partial charge >= 0.3 is 7.60 Å². The molecule has 1 heterocycles. The molecule has 1 aromatic heterocycles. The normalized spacial score (nSPS) is 12.0. The number of halogens is 2. The van der Waals surface area contributed by atoms with Crippen LogP contribution in [0, 0.1) is 0 Å². The average molecular weight is 334 g/mol. The van der Waals surface area contributed by atoms with E-state index in [1.165, 1.54) is 11.3 Å². The summed E-state index contributed by atoms with van der Waals surface area (Å²) in [7, 11) is -3.18. The van der Waals surface area contributed by atoms with Gasteiger partial charge in [-0.05, 0) is 13.8 Å². The van der Waals surface area contributed by atoms with Crippen molar-refractivity contribution in [1.82, 2.24) is 4.98 Å². The van der Waals surface area contributed by atoms with Gasteiger partial charge in [0.1, 0.15) is 11.5 Å². The van der Waals surface area contributed by atoms with E-state index in [-0.39, 0.29) is 13.0 Å². The maximum atomic E-state index is 12.1. The van der Waals surface area contributed by atoms with E-state index < -0.39 is 7.60 Å². The highest BCUT2D eigenvalue weighted by molar-refractivity contribution is 7.53. The van der Waals surface area contributed by atoms with E-state index in [2.05, 4.69) is 4.98 Å². The lowest BCUT2D eigenvalue weighted by atomic mass is 10.6. The van der Waals surface area contributed by atoms with Crippen LogP contribution >= 0.6 is 42.1 Å². The lowest BCUT2D eigenvalue weighted by Gasteiger charge is -2.16. The minimum absolute atomic E-state index is 0.124. The quantitative estimate of drug-likeness (QED) is 0.667. The van der Waals surface area contributed by atoms with E-state index in [0.29, 0.717) is 27.7 Å². The fourth-order valence-electron chi connectivity index (χ4n) is 1.15. The molecular formula is C9H14Cl2NO4PS. The van der Waals surface area contributed by atoms with Crippen molar-refractivity contribution >= 4 is 42.1 Å². The lowest BCUT2D eigenvalue weighted by molar-refractivity contribution is 0.124. The van der Waals surface area contributed by atoms with Crippen LogP contribution in [0.1, 0.15) is 18.7 Å². The zero-order valence-electron chi connectivity index (χ0n) is 10.0. The van der Waals surface area contributed by atoms with Crippen molar-refractivity contribution in [3.8, 4) is 0 Å². The van der Waals surface area contributed by atoms with Gasteiger partial charge in [-0.2, -0.15) is 0 Å². The molecule has 0 N–H and O–H groups in total. The fourth-order valence-corrected chi connectivity index (χ4v) is 3.80. The summed E-state index contributed by atoms with van der Waals surface area (Å²) in [6.45, 7) is 4.26. The zero-order chi connectivity index (χ0) is 13.6. The first-order valence-electron chi connectivity index (χ1n) is 5.27. The second kappa shape index (κ2) is 7.80. The van der Waals surface area contributed by atoms with Gasteiger partial charge in [0, 0.05) is 0 Å². The Labute approximate surface area is 120 Å². The molecule has 0 amide bonds. The van der Waals surface area contributed by atoms with Crippen LogP contribution in [0.4, 0.5) is 0 Å². The Balaban J connectivity index is 2.48. The second-order valence-electron chi connectivity index (χ2n) is 3.10. The van der Waals surface area contributed by atoms with Crippen molar-refractivity contribution < 1.29 is 18.3 Å². The summed E-state index contributed by atoms with van der Waals surface area (Å²) in [6.07, 6.45) is -0.124. The third kappa shape index (κ3) is 5.13. The van der Waals surface area contributed by atoms with Gasteiger partial charge < -0.3 is 13.8 Å². The average Bonchev–Trinajstić information content (AvgIpc) is 2.58. The van der Waals surface area contributed by atoms with E-state index in [4.69, 9.17) is 37.0 Å². The minimum atomic E-state index is -3.18. The fraction of sp³-hybridized carbons (Fsp3) is 0.667. The summed E-state index contributed by atoms with van der Waals surface area (Å²) in [6, 6.07) is 0. The number of hydrogen-bond acceptors (Lipinski definition) is 6. The van der Waals surface area contributed by atoms with Gasteiger partial charge in [-0.25, -0.2) is 4.98 Å². The minimum Gasteiger partial charge on any atom is -0.363 e.